The number of hydrogen-bond acceptors (Lipinski definition) is 7. The first-order chi connectivity index (χ1) is 10.8. The van der Waals surface area contributed by atoms with E-state index in [1.165, 1.54) is 6.07 Å². The fourth-order valence-corrected chi connectivity index (χ4v) is 2.07. The van der Waals surface area contributed by atoms with Crippen LogP contribution in [-0.4, -0.2) is 20.0 Å². The first kappa shape index (κ1) is 15.1. The molecule has 0 amide bonds. The summed E-state index contributed by atoms with van der Waals surface area (Å²) >= 11 is 5.54. The molecular weight excluding hydrogens is 343 g/mol. The molecule has 0 unspecified atom stereocenters. The van der Waals surface area contributed by atoms with Crippen molar-refractivity contribution < 1.29 is 22.3 Å². The van der Waals surface area contributed by atoms with Gasteiger partial charge in [0.05, 0.1) is 16.3 Å². The molecule has 2 N–H and O–H groups in total. The van der Waals surface area contributed by atoms with E-state index in [1.54, 1.807) is 0 Å². The van der Waals surface area contributed by atoms with Gasteiger partial charge in [0, 0.05) is 0 Å². The van der Waals surface area contributed by atoms with E-state index in [9.17, 15) is 18.0 Å². The Balaban J connectivity index is 2.23. The number of nitrogens with zero attached hydrogens (tertiary/aromatic N) is 4. The summed E-state index contributed by atoms with van der Waals surface area (Å²) < 4.78 is 48.4. The van der Waals surface area contributed by atoms with Gasteiger partial charge < -0.3 is 5.73 Å². The van der Waals surface area contributed by atoms with Crippen molar-refractivity contribution in [1.82, 2.24) is 20.0 Å². The fourth-order valence-electron chi connectivity index (χ4n) is 1.85. The zero-order chi connectivity index (χ0) is 16.8. The molecule has 0 atom stereocenters. The number of alkyl halides is 3. The summed E-state index contributed by atoms with van der Waals surface area (Å²) in [5.74, 6) is -1.51. The van der Waals surface area contributed by atoms with Gasteiger partial charge in [-0.2, -0.15) is 13.2 Å². The number of nitrogens with two attached hydrogens (primary N) is 1. The highest BCUT2D eigenvalue weighted by atomic mass is 35.5. The van der Waals surface area contributed by atoms with E-state index in [1.807, 2.05) is 0 Å². The number of hydrogen-bond donors (Lipinski definition) is 1. The molecule has 23 heavy (non-hydrogen) atoms. The molecular formula is C11H5ClF3N5O3. The van der Waals surface area contributed by atoms with E-state index in [0.717, 1.165) is 10.6 Å². The average Bonchev–Trinajstić information content (AvgIpc) is 3.04. The van der Waals surface area contributed by atoms with Gasteiger partial charge >= 0.3 is 11.9 Å². The Hall–Kier alpha value is -2.82. The maximum atomic E-state index is 12.9. The molecule has 0 bridgehead atoms. The second-order valence-electron chi connectivity index (χ2n) is 4.27. The minimum absolute atomic E-state index is 0.153. The molecule has 3 aromatic rings. The highest BCUT2D eigenvalue weighted by Gasteiger charge is 2.34. The van der Waals surface area contributed by atoms with E-state index >= 15 is 0 Å². The summed E-state index contributed by atoms with van der Waals surface area (Å²) in [4.78, 5) is 11.8. The van der Waals surface area contributed by atoms with Crippen molar-refractivity contribution in [2.45, 2.75) is 6.18 Å². The largest absolute Gasteiger partial charge is 0.446 e. The molecule has 2 heterocycles. The van der Waals surface area contributed by atoms with Crippen LogP contribution in [0.5, 0.6) is 0 Å². The number of halogens is 4. The van der Waals surface area contributed by atoms with E-state index in [2.05, 4.69) is 24.6 Å². The van der Waals surface area contributed by atoms with Gasteiger partial charge in [-0.15, -0.1) is 0 Å². The van der Waals surface area contributed by atoms with E-state index in [0.29, 0.717) is 6.07 Å². The summed E-state index contributed by atoms with van der Waals surface area (Å²) in [7, 11) is 0. The van der Waals surface area contributed by atoms with Crippen molar-refractivity contribution in [2.75, 3.05) is 5.73 Å². The lowest BCUT2D eigenvalue weighted by molar-refractivity contribution is -0.137. The highest BCUT2D eigenvalue weighted by Crippen LogP contribution is 2.36. The van der Waals surface area contributed by atoms with Crippen molar-refractivity contribution in [3.63, 3.8) is 0 Å². The van der Waals surface area contributed by atoms with Gasteiger partial charge in [-0.05, 0) is 28.5 Å². The van der Waals surface area contributed by atoms with Crippen LogP contribution in [0.1, 0.15) is 5.56 Å². The van der Waals surface area contributed by atoms with Crippen molar-refractivity contribution >= 4 is 17.4 Å². The molecule has 12 heteroatoms. The molecule has 0 aliphatic heterocycles. The number of aromatic nitrogens is 4. The van der Waals surface area contributed by atoms with Gasteiger partial charge in [0.25, 0.3) is 0 Å². The molecule has 0 spiro atoms. The first-order valence-electron chi connectivity index (χ1n) is 5.83. The molecule has 0 fully saturated rings. The molecule has 0 radical (unpaired) electrons. The lowest BCUT2D eigenvalue weighted by atomic mass is 10.2. The first-order valence-corrected chi connectivity index (χ1v) is 6.21. The standard InChI is InChI=1S/C11H5ClF3N5O3/c12-6-2-1-4(3-5(6)11(13,14)15)20-9(19-22-10(20)21)7-8(16)18-23-17-7/h1-3H,(H2,16,18). The number of nitrogen functional groups attached to an aromatic ring is 1. The zero-order valence-corrected chi connectivity index (χ0v) is 11.6. The van der Waals surface area contributed by atoms with Gasteiger partial charge in [-0.1, -0.05) is 16.8 Å². The molecule has 8 nitrogen and oxygen atoms in total. The Bertz CT molecular complexity index is 930. The van der Waals surface area contributed by atoms with E-state index < -0.39 is 22.5 Å². The third kappa shape index (κ3) is 2.54. The molecule has 0 saturated heterocycles. The molecule has 120 valence electrons. The van der Waals surface area contributed by atoms with Gasteiger partial charge in [0.15, 0.2) is 11.5 Å². The number of rotatable bonds is 2. The third-order valence-electron chi connectivity index (χ3n) is 2.84. The maximum absolute atomic E-state index is 12.9. The van der Waals surface area contributed by atoms with E-state index in [4.69, 9.17) is 17.3 Å². The van der Waals surface area contributed by atoms with Crippen LogP contribution in [0.25, 0.3) is 17.2 Å². The van der Waals surface area contributed by atoms with Crippen molar-refractivity contribution in [1.29, 1.82) is 0 Å². The summed E-state index contributed by atoms with van der Waals surface area (Å²) in [6.07, 6.45) is -4.71. The van der Waals surface area contributed by atoms with E-state index in [-0.39, 0.29) is 23.0 Å². The van der Waals surface area contributed by atoms with Gasteiger partial charge in [-0.3, -0.25) is 4.52 Å². The topological polar surface area (TPSA) is 113 Å². The van der Waals surface area contributed by atoms with Crippen LogP contribution in [0.15, 0.2) is 32.1 Å². The summed E-state index contributed by atoms with van der Waals surface area (Å²) in [5, 5.41) is 9.64. The Morgan fingerprint density at radius 2 is 1.96 bits per heavy atom. The highest BCUT2D eigenvalue weighted by molar-refractivity contribution is 6.31. The fraction of sp³-hybridized carbons (Fsp3) is 0.0909. The van der Waals surface area contributed by atoms with Crippen LogP contribution in [0, 0.1) is 0 Å². The molecule has 2 aromatic heterocycles. The second kappa shape index (κ2) is 5.12. The molecule has 0 aliphatic carbocycles. The minimum atomic E-state index is -4.71. The van der Waals surface area contributed by atoms with Crippen LogP contribution in [0.3, 0.4) is 0 Å². The van der Waals surface area contributed by atoms with Crippen LogP contribution >= 0.6 is 11.6 Å². The normalized spacial score (nSPS) is 11.8. The van der Waals surface area contributed by atoms with Crippen LogP contribution in [-0.2, 0) is 6.18 Å². The SMILES string of the molecule is Nc1nonc1-c1noc(=O)n1-c1ccc(Cl)c(C(F)(F)F)c1. The van der Waals surface area contributed by atoms with Gasteiger partial charge in [-0.25, -0.2) is 14.0 Å². The predicted octanol–water partition coefficient (Wildman–Crippen LogP) is 2.13. The Labute approximate surface area is 129 Å². The predicted molar refractivity (Wildman–Crippen MR) is 69.8 cm³/mol. The Morgan fingerprint density at radius 3 is 2.57 bits per heavy atom. The lowest BCUT2D eigenvalue weighted by Crippen LogP contribution is -2.15. The third-order valence-corrected chi connectivity index (χ3v) is 3.17. The second-order valence-corrected chi connectivity index (χ2v) is 4.67. The summed E-state index contributed by atoms with van der Waals surface area (Å²) in [6.45, 7) is 0. The molecule has 0 saturated carbocycles. The van der Waals surface area contributed by atoms with Gasteiger partial charge in [0.2, 0.25) is 5.82 Å². The Morgan fingerprint density at radius 1 is 1.22 bits per heavy atom. The zero-order valence-electron chi connectivity index (χ0n) is 10.8. The maximum Gasteiger partial charge on any atom is 0.446 e. The molecule has 0 aliphatic rings. The van der Waals surface area contributed by atoms with Gasteiger partial charge in [0.1, 0.15) is 0 Å². The number of benzene rings is 1. The van der Waals surface area contributed by atoms with Crippen molar-refractivity contribution in [2.24, 2.45) is 0 Å². The monoisotopic (exact) mass is 347 g/mol. The Kier molecular flexibility index (Phi) is 3.36. The minimum Gasteiger partial charge on any atom is -0.379 e. The van der Waals surface area contributed by atoms with Crippen LogP contribution in [0.2, 0.25) is 5.02 Å². The quantitative estimate of drug-likeness (QED) is 0.755. The lowest BCUT2D eigenvalue weighted by Gasteiger charge is -2.11. The summed E-state index contributed by atoms with van der Waals surface area (Å²) in [5.41, 5.74) is 4.02. The van der Waals surface area contributed by atoms with Crippen molar-refractivity contribution in [3.8, 4) is 17.2 Å². The van der Waals surface area contributed by atoms with Crippen molar-refractivity contribution in [3.05, 3.63) is 39.3 Å². The summed E-state index contributed by atoms with van der Waals surface area (Å²) in [6, 6.07) is 2.85. The smallest absolute Gasteiger partial charge is 0.379 e. The molecule has 3 rings (SSSR count). The average molecular weight is 348 g/mol. The van der Waals surface area contributed by atoms with Crippen LogP contribution < -0.4 is 11.5 Å². The number of anilines is 1. The van der Waals surface area contributed by atoms with Crippen LogP contribution in [0.4, 0.5) is 19.0 Å². The molecule has 1 aromatic carbocycles.